The van der Waals surface area contributed by atoms with Gasteiger partial charge in [-0.1, -0.05) is 29.4 Å². The highest BCUT2D eigenvalue weighted by Gasteiger charge is 2.18. The molecule has 1 aromatic heterocycles. The van der Waals surface area contributed by atoms with Gasteiger partial charge in [0, 0.05) is 28.0 Å². The summed E-state index contributed by atoms with van der Waals surface area (Å²) < 4.78 is 12.7. The number of hydrogen-bond donors (Lipinski definition) is 1. The largest absolute Gasteiger partial charge is 0.497 e. The molecule has 4 rings (SSSR count). The molecule has 34 heavy (non-hydrogen) atoms. The van der Waals surface area contributed by atoms with Crippen LogP contribution in [0, 0.1) is 0 Å². The number of carbonyl (C=O) groups is 1. The van der Waals surface area contributed by atoms with Gasteiger partial charge in [0.15, 0.2) is 11.0 Å². The van der Waals surface area contributed by atoms with Gasteiger partial charge in [-0.05, 0) is 67.6 Å². The SMILES string of the molecule is CCOc1ccc(-n2c(SCC(=O)Nc3cccc(OC)c3)nnc2-c2ccc(Cl)cc2)cc1. The summed E-state index contributed by atoms with van der Waals surface area (Å²) in [5.74, 6) is 2.10. The number of benzene rings is 3. The van der Waals surface area contributed by atoms with Crippen molar-refractivity contribution in [3.63, 3.8) is 0 Å². The Hall–Kier alpha value is -3.49. The molecule has 1 amide bonds. The van der Waals surface area contributed by atoms with Crippen LogP contribution in [0.1, 0.15) is 6.92 Å². The van der Waals surface area contributed by atoms with Crippen molar-refractivity contribution >= 4 is 35.0 Å². The van der Waals surface area contributed by atoms with E-state index in [-0.39, 0.29) is 11.7 Å². The van der Waals surface area contributed by atoms with Crippen molar-refractivity contribution < 1.29 is 14.3 Å². The average molecular weight is 495 g/mol. The fourth-order valence-electron chi connectivity index (χ4n) is 3.27. The van der Waals surface area contributed by atoms with E-state index in [1.807, 2.05) is 78.2 Å². The number of hydrogen-bond acceptors (Lipinski definition) is 6. The molecule has 4 aromatic rings. The van der Waals surface area contributed by atoms with E-state index in [4.69, 9.17) is 21.1 Å². The first-order valence-electron chi connectivity index (χ1n) is 10.6. The zero-order valence-corrected chi connectivity index (χ0v) is 20.3. The van der Waals surface area contributed by atoms with Crippen LogP contribution < -0.4 is 14.8 Å². The van der Waals surface area contributed by atoms with Gasteiger partial charge in [-0.15, -0.1) is 10.2 Å². The summed E-state index contributed by atoms with van der Waals surface area (Å²) in [4.78, 5) is 12.6. The summed E-state index contributed by atoms with van der Waals surface area (Å²) in [5, 5.41) is 12.9. The van der Waals surface area contributed by atoms with Gasteiger partial charge < -0.3 is 14.8 Å². The molecule has 0 aliphatic carbocycles. The van der Waals surface area contributed by atoms with E-state index in [1.165, 1.54) is 11.8 Å². The van der Waals surface area contributed by atoms with Crippen molar-refractivity contribution in [1.82, 2.24) is 14.8 Å². The number of anilines is 1. The number of carbonyl (C=O) groups excluding carboxylic acids is 1. The lowest BCUT2D eigenvalue weighted by molar-refractivity contribution is -0.113. The van der Waals surface area contributed by atoms with Crippen LogP contribution in [-0.2, 0) is 4.79 Å². The standard InChI is InChI=1S/C25H23ClN4O3S/c1-3-33-21-13-11-20(12-14-21)30-24(17-7-9-18(26)10-8-17)28-29-25(30)34-16-23(31)27-19-5-4-6-22(15-19)32-2/h4-15H,3,16H2,1-2H3,(H,27,31). The minimum Gasteiger partial charge on any atom is -0.497 e. The molecule has 0 bridgehead atoms. The average Bonchev–Trinajstić information content (AvgIpc) is 3.28. The summed E-state index contributed by atoms with van der Waals surface area (Å²) in [6.07, 6.45) is 0. The molecular formula is C25H23ClN4O3S. The van der Waals surface area contributed by atoms with Gasteiger partial charge in [-0.2, -0.15) is 0 Å². The molecule has 0 atom stereocenters. The molecule has 9 heteroatoms. The molecule has 1 heterocycles. The Morgan fingerprint density at radius 3 is 2.50 bits per heavy atom. The van der Waals surface area contributed by atoms with E-state index in [2.05, 4.69) is 15.5 Å². The van der Waals surface area contributed by atoms with Gasteiger partial charge in [-0.25, -0.2) is 0 Å². The van der Waals surface area contributed by atoms with Crippen LogP contribution in [0.5, 0.6) is 11.5 Å². The second-order valence-corrected chi connectivity index (χ2v) is 8.52. The molecule has 1 N–H and O–H groups in total. The van der Waals surface area contributed by atoms with Crippen molar-refractivity contribution in [3.05, 3.63) is 77.8 Å². The van der Waals surface area contributed by atoms with E-state index < -0.39 is 0 Å². The predicted octanol–water partition coefficient (Wildman–Crippen LogP) is 5.73. The van der Waals surface area contributed by atoms with Crippen molar-refractivity contribution in [2.75, 3.05) is 24.8 Å². The van der Waals surface area contributed by atoms with Crippen LogP contribution in [0.25, 0.3) is 17.1 Å². The van der Waals surface area contributed by atoms with Gasteiger partial charge in [0.05, 0.1) is 19.5 Å². The molecule has 0 radical (unpaired) electrons. The highest BCUT2D eigenvalue weighted by atomic mass is 35.5. The van der Waals surface area contributed by atoms with Gasteiger partial charge in [0.1, 0.15) is 11.5 Å². The highest BCUT2D eigenvalue weighted by Crippen LogP contribution is 2.30. The van der Waals surface area contributed by atoms with Gasteiger partial charge in [0.2, 0.25) is 5.91 Å². The molecule has 0 aliphatic rings. The maximum Gasteiger partial charge on any atom is 0.234 e. The van der Waals surface area contributed by atoms with Gasteiger partial charge >= 0.3 is 0 Å². The Balaban J connectivity index is 1.58. The van der Waals surface area contributed by atoms with Crippen LogP contribution in [0.3, 0.4) is 0 Å². The number of rotatable bonds is 9. The maximum atomic E-state index is 12.6. The zero-order valence-electron chi connectivity index (χ0n) is 18.7. The van der Waals surface area contributed by atoms with Gasteiger partial charge in [-0.3, -0.25) is 9.36 Å². The molecule has 0 saturated carbocycles. The highest BCUT2D eigenvalue weighted by molar-refractivity contribution is 7.99. The molecular weight excluding hydrogens is 472 g/mol. The Labute approximate surface area is 207 Å². The molecule has 174 valence electrons. The molecule has 3 aromatic carbocycles. The second kappa shape index (κ2) is 11.1. The van der Waals surface area contributed by atoms with E-state index in [9.17, 15) is 4.79 Å². The molecule has 0 aliphatic heterocycles. The lowest BCUT2D eigenvalue weighted by Crippen LogP contribution is -2.14. The minimum atomic E-state index is -0.160. The molecule has 0 spiro atoms. The summed E-state index contributed by atoms with van der Waals surface area (Å²) in [6, 6.07) is 22.3. The van der Waals surface area contributed by atoms with Crippen molar-refractivity contribution in [2.24, 2.45) is 0 Å². The van der Waals surface area contributed by atoms with E-state index in [1.54, 1.807) is 13.2 Å². The van der Waals surface area contributed by atoms with E-state index >= 15 is 0 Å². The van der Waals surface area contributed by atoms with Crippen LogP contribution in [0.4, 0.5) is 5.69 Å². The molecule has 0 unspecified atom stereocenters. The normalized spacial score (nSPS) is 10.7. The third-order valence-corrected chi connectivity index (χ3v) is 6.01. The first-order chi connectivity index (χ1) is 16.6. The number of nitrogens with zero attached hydrogens (tertiary/aromatic N) is 3. The topological polar surface area (TPSA) is 78.3 Å². The van der Waals surface area contributed by atoms with Crippen LogP contribution in [0.2, 0.25) is 5.02 Å². The van der Waals surface area contributed by atoms with E-state index in [0.717, 1.165) is 17.0 Å². The Kier molecular flexibility index (Phi) is 7.72. The third kappa shape index (κ3) is 5.70. The Morgan fingerprint density at radius 1 is 1.03 bits per heavy atom. The summed E-state index contributed by atoms with van der Waals surface area (Å²) in [7, 11) is 1.59. The van der Waals surface area contributed by atoms with Crippen LogP contribution in [-0.4, -0.2) is 40.1 Å². The number of methoxy groups -OCH3 is 1. The fourth-order valence-corrected chi connectivity index (χ4v) is 4.15. The maximum absolute atomic E-state index is 12.6. The Bertz CT molecular complexity index is 1260. The number of ether oxygens (including phenoxy) is 2. The van der Waals surface area contributed by atoms with Crippen molar-refractivity contribution in [2.45, 2.75) is 12.1 Å². The fraction of sp³-hybridized carbons (Fsp3) is 0.160. The van der Waals surface area contributed by atoms with Gasteiger partial charge in [0.25, 0.3) is 0 Å². The minimum absolute atomic E-state index is 0.160. The van der Waals surface area contributed by atoms with Crippen LogP contribution >= 0.6 is 23.4 Å². The summed E-state index contributed by atoms with van der Waals surface area (Å²) in [6.45, 7) is 2.53. The summed E-state index contributed by atoms with van der Waals surface area (Å²) in [5.41, 5.74) is 2.38. The van der Waals surface area contributed by atoms with Crippen LogP contribution in [0.15, 0.2) is 78.0 Å². The molecule has 0 saturated heterocycles. The monoisotopic (exact) mass is 494 g/mol. The second-order valence-electron chi connectivity index (χ2n) is 7.14. The molecule has 0 fully saturated rings. The number of halogens is 1. The van der Waals surface area contributed by atoms with Crippen molar-refractivity contribution in [3.8, 4) is 28.6 Å². The number of aromatic nitrogens is 3. The number of thioether (sulfide) groups is 1. The Morgan fingerprint density at radius 2 is 1.79 bits per heavy atom. The third-order valence-electron chi connectivity index (χ3n) is 4.83. The number of amides is 1. The van der Waals surface area contributed by atoms with E-state index in [0.29, 0.717) is 34.0 Å². The number of nitrogens with one attached hydrogen (secondary N) is 1. The quantitative estimate of drug-likeness (QED) is 0.299. The smallest absolute Gasteiger partial charge is 0.234 e. The first-order valence-corrected chi connectivity index (χ1v) is 11.9. The van der Waals surface area contributed by atoms with Crippen molar-refractivity contribution in [1.29, 1.82) is 0 Å². The predicted molar refractivity (Wildman–Crippen MR) is 135 cm³/mol. The first kappa shape index (κ1) is 23.7. The molecule has 7 nitrogen and oxygen atoms in total. The zero-order chi connectivity index (χ0) is 23.9. The lowest BCUT2D eigenvalue weighted by Gasteiger charge is -2.12. The summed E-state index contributed by atoms with van der Waals surface area (Å²) >= 11 is 7.37. The lowest BCUT2D eigenvalue weighted by atomic mass is 10.2.